The second kappa shape index (κ2) is 10.1. The van der Waals surface area contributed by atoms with Gasteiger partial charge in [0.15, 0.2) is 6.61 Å². The zero-order valence-electron chi connectivity index (χ0n) is 20.9. The molecule has 34 heavy (non-hydrogen) atoms. The van der Waals surface area contributed by atoms with E-state index in [-0.39, 0.29) is 29.3 Å². The summed E-state index contributed by atoms with van der Waals surface area (Å²) in [5.74, 6) is 0.228. The number of anilines is 2. The predicted molar refractivity (Wildman–Crippen MR) is 139 cm³/mol. The molecular weight excluding hydrogens is 424 g/mol. The average Bonchev–Trinajstić information content (AvgIpc) is 2.77. The summed E-state index contributed by atoms with van der Waals surface area (Å²) in [7, 11) is 0. The van der Waals surface area contributed by atoms with Crippen LogP contribution in [0.3, 0.4) is 0 Å². The van der Waals surface area contributed by atoms with Gasteiger partial charge in [-0.05, 0) is 58.4 Å². The number of hydrogen-bond donors (Lipinski definition) is 2. The average molecular weight is 459 g/mol. The third-order valence-electron chi connectivity index (χ3n) is 5.45. The van der Waals surface area contributed by atoms with Crippen LogP contribution in [0.5, 0.6) is 5.75 Å². The van der Waals surface area contributed by atoms with Crippen molar-refractivity contribution in [3.05, 3.63) is 89.5 Å². The van der Waals surface area contributed by atoms with Crippen molar-refractivity contribution in [3.8, 4) is 5.75 Å². The van der Waals surface area contributed by atoms with Gasteiger partial charge in [0.25, 0.3) is 11.8 Å². The van der Waals surface area contributed by atoms with Crippen LogP contribution in [0, 0.1) is 0 Å². The van der Waals surface area contributed by atoms with Gasteiger partial charge in [-0.3, -0.25) is 9.59 Å². The monoisotopic (exact) mass is 458 g/mol. The molecule has 5 nitrogen and oxygen atoms in total. The molecule has 3 aromatic rings. The maximum Gasteiger partial charge on any atom is 0.262 e. The van der Waals surface area contributed by atoms with Gasteiger partial charge in [-0.15, -0.1) is 0 Å². The highest BCUT2D eigenvalue weighted by Gasteiger charge is 2.23. The van der Waals surface area contributed by atoms with Crippen LogP contribution in [0.15, 0.2) is 72.8 Å². The summed E-state index contributed by atoms with van der Waals surface area (Å²) in [4.78, 5) is 25.0. The highest BCUT2D eigenvalue weighted by Crippen LogP contribution is 2.35. The maximum atomic E-state index is 12.6. The summed E-state index contributed by atoms with van der Waals surface area (Å²) >= 11 is 0. The van der Waals surface area contributed by atoms with Crippen molar-refractivity contribution in [2.45, 2.75) is 52.4 Å². The predicted octanol–water partition coefficient (Wildman–Crippen LogP) is 6.55. The molecule has 3 aromatic carbocycles. The number of ether oxygens (including phenoxy) is 1. The highest BCUT2D eigenvalue weighted by atomic mass is 16.5. The first-order chi connectivity index (χ1) is 15.9. The fourth-order valence-corrected chi connectivity index (χ4v) is 3.52. The third kappa shape index (κ3) is 6.70. The van der Waals surface area contributed by atoms with Crippen LogP contribution in [0.4, 0.5) is 11.4 Å². The molecule has 0 fully saturated rings. The van der Waals surface area contributed by atoms with Gasteiger partial charge in [0.1, 0.15) is 5.75 Å². The Labute approximate surface area is 202 Å². The molecule has 0 heterocycles. The van der Waals surface area contributed by atoms with Crippen molar-refractivity contribution < 1.29 is 14.3 Å². The van der Waals surface area contributed by atoms with E-state index in [4.69, 9.17) is 4.74 Å². The van der Waals surface area contributed by atoms with E-state index in [1.54, 1.807) is 36.4 Å². The first-order valence-electron chi connectivity index (χ1n) is 11.5. The number of rotatable bonds is 6. The Balaban J connectivity index is 1.65. The Morgan fingerprint density at radius 1 is 0.735 bits per heavy atom. The van der Waals surface area contributed by atoms with E-state index in [2.05, 4.69) is 64.3 Å². The largest absolute Gasteiger partial charge is 0.483 e. The SMILES string of the molecule is CC(C)(C)c1ccc(OCC(=O)Nc2cccc(NC(=O)c3ccccc3)c2)c(C(C)(C)C)c1. The van der Waals surface area contributed by atoms with Gasteiger partial charge in [-0.1, -0.05) is 77.9 Å². The number of hydrogen-bond acceptors (Lipinski definition) is 3. The Morgan fingerprint density at radius 2 is 1.38 bits per heavy atom. The van der Waals surface area contributed by atoms with Crippen LogP contribution >= 0.6 is 0 Å². The molecule has 0 aliphatic carbocycles. The van der Waals surface area contributed by atoms with E-state index in [0.717, 1.165) is 5.56 Å². The fraction of sp³-hybridized carbons (Fsp3) is 0.310. The molecule has 0 spiro atoms. The van der Waals surface area contributed by atoms with E-state index in [1.807, 2.05) is 24.3 Å². The van der Waals surface area contributed by atoms with Crippen LogP contribution in [0.2, 0.25) is 0 Å². The maximum absolute atomic E-state index is 12.6. The molecule has 3 rings (SSSR count). The molecule has 0 aliphatic heterocycles. The smallest absolute Gasteiger partial charge is 0.262 e. The lowest BCUT2D eigenvalue weighted by Crippen LogP contribution is -2.23. The van der Waals surface area contributed by atoms with E-state index >= 15 is 0 Å². The van der Waals surface area contributed by atoms with Crippen LogP contribution in [0.25, 0.3) is 0 Å². The first-order valence-corrected chi connectivity index (χ1v) is 11.5. The topological polar surface area (TPSA) is 67.4 Å². The molecule has 0 saturated carbocycles. The van der Waals surface area contributed by atoms with Crippen molar-refractivity contribution in [1.82, 2.24) is 0 Å². The summed E-state index contributed by atoms with van der Waals surface area (Å²) in [5.41, 5.74) is 3.94. The Bertz CT molecular complexity index is 1160. The van der Waals surface area contributed by atoms with Crippen LogP contribution in [0.1, 0.15) is 63.0 Å². The summed E-state index contributed by atoms with van der Waals surface area (Å²) in [6.07, 6.45) is 0. The lowest BCUT2D eigenvalue weighted by Gasteiger charge is -2.27. The fourth-order valence-electron chi connectivity index (χ4n) is 3.52. The molecule has 2 N–H and O–H groups in total. The van der Waals surface area contributed by atoms with Crippen LogP contribution < -0.4 is 15.4 Å². The molecule has 2 amide bonds. The van der Waals surface area contributed by atoms with Crippen molar-refractivity contribution in [2.24, 2.45) is 0 Å². The quantitative estimate of drug-likeness (QED) is 0.440. The minimum atomic E-state index is -0.272. The van der Waals surface area contributed by atoms with Crippen LogP contribution in [-0.2, 0) is 15.6 Å². The van der Waals surface area contributed by atoms with E-state index < -0.39 is 0 Å². The van der Waals surface area contributed by atoms with E-state index in [1.165, 1.54) is 5.56 Å². The first kappa shape index (κ1) is 25.0. The Hall–Kier alpha value is -3.60. The second-order valence-corrected chi connectivity index (χ2v) is 10.4. The van der Waals surface area contributed by atoms with Gasteiger partial charge >= 0.3 is 0 Å². The number of amides is 2. The molecule has 0 unspecified atom stereocenters. The third-order valence-corrected chi connectivity index (χ3v) is 5.45. The minimum absolute atomic E-state index is 0.0247. The van der Waals surface area contributed by atoms with Gasteiger partial charge in [0.2, 0.25) is 0 Å². The second-order valence-electron chi connectivity index (χ2n) is 10.4. The zero-order valence-corrected chi connectivity index (χ0v) is 20.9. The molecule has 0 saturated heterocycles. The number of carbonyl (C=O) groups is 2. The minimum Gasteiger partial charge on any atom is -0.483 e. The van der Waals surface area contributed by atoms with E-state index in [9.17, 15) is 9.59 Å². The lowest BCUT2D eigenvalue weighted by molar-refractivity contribution is -0.118. The van der Waals surface area contributed by atoms with E-state index in [0.29, 0.717) is 22.7 Å². The standard InChI is InChI=1S/C29H34N2O3/c1-28(2,3)21-15-16-25(24(17-21)29(4,5)6)34-19-26(32)30-22-13-10-14-23(18-22)31-27(33)20-11-8-7-9-12-20/h7-18H,19H2,1-6H3,(H,30,32)(H,31,33). The van der Waals surface area contributed by atoms with Crippen molar-refractivity contribution in [3.63, 3.8) is 0 Å². The molecular formula is C29H34N2O3. The van der Waals surface area contributed by atoms with Gasteiger partial charge in [0.05, 0.1) is 0 Å². The van der Waals surface area contributed by atoms with Crippen molar-refractivity contribution >= 4 is 23.2 Å². The number of carbonyl (C=O) groups excluding carboxylic acids is 2. The summed E-state index contributed by atoms with van der Waals surface area (Å²) < 4.78 is 5.94. The van der Waals surface area contributed by atoms with Crippen molar-refractivity contribution in [1.29, 1.82) is 0 Å². The normalized spacial score (nSPS) is 11.6. The molecule has 178 valence electrons. The molecule has 0 bridgehead atoms. The van der Waals surface area contributed by atoms with Crippen LogP contribution in [-0.4, -0.2) is 18.4 Å². The van der Waals surface area contributed by atoms with Crippen molar-refractivity contribution in [2.75, 3.05) is 17.2 Å². The van der Waals surface area contributed by atoms with Gasteiger partial charge in [0, 0.05) is 16.9 Å². The Morgan fingerprint density at radius 3 is 2.00 bits per heavy atom. The molecule has 0 radical (unpaired) electrons. The summed E-state index contributed by atoms with van der Waals surface area (Å²) in [5, 5.41) is 5.69. The van der Waals surface area contributed by atoms with Gasteiger partial charge in [-0.25, -0.2) is 0 Å². The highest BCUT2D eigenvalue weighted by molar-refractivity contribution is 6.04. The molecule has 0 aliphatic rings. The van der Waals surface area contributed by atoms with Gasteiger partial charge in [-0.2, -0.15) is 0 Å². The van der Waals surface area contributed by atoms with Gasteiger partial charge < -0.3 is 15.4 Å². The lowest BCUT2D eigenvalue weighted by atomic mass is 9.80. The number of nitrogens with one attached hydrogen (secondary N) is 2. The number of benzene rings is 3. The Kier molecular flexibility index (Phi) is 7.45. The summed E-state index contributed by atoms with van der Waals surface area (Å²) in [6.45, 7) is 12.8. The molecule has 0 atom stereocenters. The zero-order chi connectivity index (χ0) is 24.9. The summed E-state index contributed by atoms with van der Waals surface area (Å²) in [6, 6.07) is 22.2. The molecule has 5 heteroatoms. The molecule has 0 aromatic heterocycles.